The average Bonchev–Trinajstić information content (AvgIpc) is 2.94. The Bertz CT molecular complexity index is 626. The van der Waals surface area contributed by atoms with Crippen molar-refractivity contribution in [1.82, 2.24) is 10.1 Å². The van der Waals surface area contributed by atoms with Gasteiger partial charge in [-0.15, -0.1) is 0 Å². The van der Waals surface area contributed by atoms with Crippen molar-refractivity contribution in [3.8, 4) is 11.4 Å². The molecule has 0 aliphatic rings. The zero-order valence-corrected chi connectivity index (χ0v) is 14.1. The number of ether oxygens (including phenoxy) is 1. The van der Waals surface area contributed by atoms with E-state index >= 15 is 0 Å². The summed E-state index contributed by atoms with van der Waals surface area (Å²) in [5, 5.41) is 3.65. The highest BCUT2D eigenvalue weighted by Gasteiger charge is 2.10. The van der Waals surface area contributed by atoms with Gasteiger partial charge in [0, 0.05) is 13.3 Å². The van der Waals surface area contributed by atoms with E-state index in [1.54, 1.807) is 13.0 Å². The van der Waals surface area contributed by atoms with Gasteiger partial charge in [-0.1, -0.05) is 31.0 Å². The van der Waals surface area contributed by atoms with E-state index in [9.17, 15) is 9.18 Å². The van der Waals surface area contributed by atoms with Crippen LogP contribution in [0.25, 0.3) is 11.4 Å². The SMILES string of the molecule is CCCCCC(=O)OC.Cc1ccc(-c2noc(C)n2)c(F)c1. The normalized spacial score (nSPS) is 9.96. The molecule has 0 fully saturated rings. The molecule has 126 valence electrons. The smallest absolute Gasteiger partial charge is 0.305 e. The van der Waals surface area contributed by atoms with Crippen molar-refractivity contribution in [3.05, 3.63) is 35.5 Å². The van der Waals surface area contributed by atoms with E-state index in [1.807, 2.05) is 13.0 Å². The lowest BCUT2D eigenvalue weighted by atomic mass is 10.1. The lowest BCUT2D eigenvalue weighted by Gasteiger charge is -1.97. The molecule has 1 aromatic carbocycles. The molecule has 0 aliphatic heterocycles. The second-order valence-corrected chi connectivity index (χ2v) is 5.15. The summed E-state index contributed by atoms with van der Waals surface area (Å²) >= 11 is 0. The lowest BCUT2D eigenvalue weighted by Crippen LogP contribution is -1.98. The van der Waals surface area contributed by atoms with Crippen molar-refractivity contribution in [2.24, 2.45) is 0 Å². The minimum Gasteiger partial charge on any atom is -0.469 e. The Morgan fingerprint density at radius 3 is 2.57 bits per heavy atom. The van der Waals surface area contributed by atoms with Crippen molar-refractivity contribution in [3.63, 3.8) is 0 Å². The van der Waals surface area contributed by atoms with Gasteiger partial charge >= 0.3 is 5.97 Å². The highest BCUT2D eigenvalue weighted by atomic mass is 19.1. The fourth-order valence-electron chi connectivity index (χ4n) is 1.83. The Labute approximate surface area is 135 Å². The number of rotatable bonds is 5. The number of nitrogens with zero attached hydrogens (tertiary/aromatic N) is 2. The molecule has 1 heterocycles. The Balaban J connectivity index is 0.000000257. The Hall–Kier alpha value is -2.24. The lowest BCUT2D eigenvalue weighted by molar-refractivity contribution is -0.140. The van der Waals surface area contributed by atoms with Crippen molar-refractivity contribution in [2.45, 2.75) is 46.5 Å². The maximum absolute atomic E-state index is 13.4. The zero-order chi connectivity index (χ0) is 17.2. The van der Waals surface area contributed by atoms with Crippen LogP contribution in [0.3, 0.4) is 0 Å². The van der Waals surface area contributed by atoms with E-state index in [2.05, 4.69) is 21.8 Å². The number of aromatic nitrogens is 2. The third-order valence-corrected chi connectivity index (χ3v) is 3.11. The molecule has 2 aromatic rings. The molecule has 0 bridgehead atoms. The number of carbonyl (C=O) groups excluding carboxylic acids is 1. The Kier molecular flexibility index (Phi) is 7.94. The van der Waals surface area contributed by atoms with Crippen molar-refractivity contribution >= 4 is 5.97 Å². The van der Waals surface area contributed by atoms with Gasteiger partial charge in [-0.2, -0.15) is 4.98 Å². The van der Waals surface area contributed by atoms with E-state index in [0.29, 0.717) is 23.7 Å². The van der Waals surface area contributed by atoms with Gasteiger partial charge in [-0.05, 0) is 31.0 Å². The molecule has 6 heteroatoms. The van der Waals surface area contributed by atoms with Crippen LogP contribution < -0.4 is 0 Å². The minimum absolute atomic E-state index is 0.0940. The van der Waals surface area contributed by atoms with E-state index in [1.165, 1.54) is 13.2 Å². The molecule has 0 saturated carbocycles. The van der Waals surface area contributed by atoms with Gasteiger partial charge in [0.1, 0.15) is 5.82 Å². The van der Waals surface area contributed by atoms with Gasteiger partial charge in [0.25, 0.3) is 0 Å². The maximum atomic E-state index is 13.4. The van der Waals surface area contributed by atoms with Gasteiger partial charge in [0.05, 0.1) is 12.7 Å². The largest absolute Gasteiger partial charge is 0.469 e. The summed E-state index contributed by atoms with van der Waals surface area (Å²) in [6, 6.07) is 4.90. The number of benzene rings is 1. The average molecular weight is 322 g/mol. The summed E-state index contributed by atoms with van der Waals surface area (Å²) in [4.78, 5) is 14.4. The first-order valence-electron chi connectivity index (χ1n) is 7.61. The van der Waals surface area contributed by atoms with Crippen LogP contribution in [0.1, 0.15) is 44.1 Å². The van der Waals surface area contributed by atoms with Crippen LogP contribution in [0, 0.1) is 19.7 Å². The van der Waals surface area contributed by atoms with Crippen LogP contribution in [0.4, 0.5) is 4.39 Å². The third kappa shape index (κ3) is 6.59. The molecular formula is C17H23FN2O3. The number of halogens is 1. The number of unbranched alkanes of at least 4 members (excludes halogenated alkanes) is 2. The molecule has 5 nitrogen and oxygen atoms in total. The van der Waals surface area contributed by atoms with Gasteiger partial charge in [-0.25, -0.2) is 4.39 Å². The van der Waals surface area contributed by atoms with Crippen LogP contribution in [0.5, 0.6) is 0 Å². The first-order chi connectivity index (χ1) is 11.0. The molecule has 0 saturated heterocycles. The van der Waals surface area contributed by atoms with Crippen LogP contribution in [-0.2, 0) is 9.53 Å². The van der Waals surface area contributed by atoms with Crippen LogP contribution in [0.2, 0.25) is 0 Å². The topological polar surface area (TPSA) is 65.2 Å². The zero-order valence-electron chi connectivity index (χ0n) is 14.1. The summed E-state index contributed by atoms with van der Waals surface area (Å²) in [7, 11) is 1.42. The number of aryl methyl sites for hydroxylation is 2. The highest BCUT2D eigenvalue weighted by molar-refractivity contribution is 5.68. The second kappa shape index (κ2) is 9.71. The third-order valence-electron chi connectivity index (χ3n) is 3.11. The standard InChI is InChI=1S/C10H9FN2O.C7H14O2/c1-6-3-4-8(9(11)5-6)10-12-7(2)14-13-10;1-3-4-5-6-7(8)9-2/h3-5H,1-2H3;3-6H2,1-2H3. The molecule has 0 spiro atoms. The number of methoxy groups -OCH3 is 1. The molecule has 23 heavy (non-hydrogen) atoms. The van der Waals surface area contributed by atoms with Crippen LogP contribution in [0.15, 0.2) is 22.7 Å². The molecule has 0 unspecified atom stereocenters. The Morgan fingerprint density at radius 1 is 1.30 bits per heavy atom. The molecule has 0 amide bonds. The Morgan fingerprint density at radius 2 is 2.04 bits per heavy atom. The van der Waals surface area contributed by atoms with E-state index in [0.717, 1.165) is 24.8 Å². The number of hydrogen-bond donors (Lipinski definition) is 0. The summed E-state index contributed by atoms with van der Waals surface area (Å²) in [5.41, 5.74) is 1.24. The second-order valence-electron chi connectivity index (χ2n) is 5.15. The predicted molar refractivity (Wildman–Crippen MR) is 85.3 cm³/mol. The summed E-state index contributed by atoms with van der Waals surface area (Å²) in [5.74, 6) is 0.300. The molecule has 2 rings (SSSR count). The van der Waals surface area contributed by atoms with Gasteiger partial charge in [0.2, 0.25) is 11.7 Å². The fourth-order valence-corrected chi connectivity index (χ4v) is 1.83. The van der Waals surface area contributed by atoms with Gasteiger partial charge in [0.15, 0.2) is 0 Å². The first-order valence-corrected chi connectivity index (χ1v) is 7.61. The molecule has 1 aromatic heterocycles. The van der Waals surface area contributed by atoms with Gasteiger partial charge in [-0.3, -0.25) is 4.79 Å². The van der Waals surface area contributed by atoms with Crippen LogP contribution in [-0.4, -0.2) is 23.2 Å². The number of hydrogen-bond acceptors (Lipinski definition) is 5. The van der Waals surface area contributed by atoms with Crippen LogP contribution >= 0.6 is 0 Å². The summed E-state index contributed by atoms with van der Waals surface area (Å²) in [6.45, 7) is 5.61. The quantitative estimate of drug-likeness (QED) is 0.609. The van der Waals surface area contributed by atoms with Gasteiger partial charge < -0.3 is 9.26 Å². The summed E-state index contributed by atoms with van der Waals surface area (Å²) in [6.07, 6.45) is 3.81. The maximum Gasteiger partial charge on any atom is 0.305 e. The monoisotopic (exact) mass is 322 g/mol. The summed E-state index contributed by atoms with van der Waals surface area (Å²) < 4.78 is 22.7. The predicted octanol–water partition coefficient (Wildman–Crippen LogP) is 4.23. The molecule has 0 aliphatic carbocycles. The molecule has 0 radical (unpaired) electrons. The molecular weight excluding hydrogens is 299 g/mol. The number of carbonyl (C=O) groups is 1. The highest BCUT2D eigenvalue weighted by Crippen LogP contribution is 2.20. The first kappa shape index (κ1) is 18.8. The fraction of sp³-hybridized carbons (Fsp3) is 0.471. The van der Waals surface area contributed by atoms with E-state index in [4.69, 9.17) is 4.52 Å². The minimum atomic E-state index is -0.328. The van der Waals surface area contributed by atoms with E-state index in [-0.39, 0.29) is 11.8 Å². The number of esters is 1. The van der Waals surface area contributed by atoms with Crippen molar-refractivity contribution in [2.75, 3.05) is 7.11 Å². The molecule has 0 N–H and O–H groups in total. The van der Waals surface area contributed by atoms with Crippen molar-refractivity contribution < 1.29 is 18.4 Å². The van der Waals surface area contributed by atoms with E-state index < -0.39 is 0 Å². The molecule has 0 atom stereocenters. The van der Waals surface area contributed by atoms with Crippen molar-refractivity contribution in [1.29, 1.82) is 0 Å².